The number of methoxy groups -OCH3 is 1. The van der Waals surface area contributed by atoms with Crippen molar-refractivity contribution in [1.82, 2.24) is 9.88 Å². The average molecular weight is 206 g/mol. The zero-order valence-electron chi connectivity index (χ0n) is 9.22. The summed E-state index contributed by atoms with van der Waals surface area (Å²) in [5.41, 5.74) is 1.29. The van der Waals surface area contributed by atoms with Crippen molar-refractivity contribution in [3.8, 4) is 0 Å². The van der Waals surface area contributed by atoms with Crippen LogP contribution in [0.2, 0.25) is 0 Å². The molecule has 1 unspecified atom stereocenters. The van der Waals surface area contributed by atoms with Gasteiger partial charge in [-0.1, -0.05) is 6.07 Å². The lowest BCUT2D eigenvalue weighted by molar-refractivity contribution is 0.112. The molecule has 1 atom stereocenters. The predicted molar refractivity (Wildman–Crippen MR) is 59.5 cm³/mol. The summed E-state index contributed by atoms with van der Waals surface area (Å²) in [6.07, 6.45) is 6.31. The van der Waals surface area contributed by atoms with Crippen LogP contribution in [-0.4, -0.2) is 36.2 Å². The van der Waals surface area contributed by atoms with E-state index in [-0.39, 0.29) is 0 Å². The van der Waals surface area contributed by atoms with Gasteiger partial charge >= 0.3 is 0 Å². The fraction of sp³-hybridized carbons (Fsp3) is 0.583. The number of nitrogens with zero attached hydrogens (tertiary/aromatic N) is 2. The largest absolute Gasteiger partial charge is 0.383 e. The van der Waals surface area contributed by atoms with Crippen LogP contribution in [0.1, 0.15) is 18.4 Å². The third-order valence-electron chi connectivity index (χ3n) is 2.97. The van der Waals surface area contributed by atoms with E-state index >= 15 is 0 Å². The fourth-order valence-corrected chi connectivity index (χ4v) is 2.21. The summed E-state index contributed by atoms with van der Waals surface area (Å²) in [5.74, 6) is 0. The molecule has 3 heteroatoms. The molecule has 1 saturated heterocycles. The second-order valence-corrected chi connectivity index (χ2v) is 4.08. The Labute approximate surface area is 91.1 Å². The van der Waals surface area contributed by atoms with Crippen LogP contribution in [0.5, 0.6) is 0 Å². The summed E-state index contributed by atoms with van der Waals surface area (Å²) in [7, 11) is 1.78. The molecule has 3 nitrogen and oxygen atoms in total. The Balaban J connectivity index is 1.93. The molecule has 0 aromatic carbocycles. The van der Waals surface area contributed by atoms with Gasteiger partial charge in [-0.3, -0.25) is 9.88 Å². The Hall–Kier alpha value is -0.930. The fourth-order valence-electron chi connectivity index (χ4n) is 2.21. The highest BCUT2D eigenvalue weighted by Crippen LogP contribution is 2.19. The maximum atomic E-state index is 5.24. The van der Waals surface area contributed by atoms with E-state index in [1.54, 1.807) is 7.11 Å². The Kier molecular flexibility index (Phi) is 3.69. The molecule has 0 saturated carbocycles. The molecule has 1 aliphatic heterocycles. The van der Waals surface area contributed by atoms with Crippen LogP contribution >= 0.6 is 0 Å². The standard InChI is InChI=1S/C12H18N2O/c1-15-10-12-5-3-7-14(12)9-11-4-2-6-13-8-11/h2,4,6,8,12H,3,5,7,9-10H2,1H3. The molecule has 0 bridgehead atoms. The van der Waals surface area contributed by atoms with Gasteiger partial charge in [0.25, 0.3) is 0 Å². The summed E-state index contributed by atoms with van der Waals surface area (Å²) >= 11 is 0. The van der Waals surface area contributed by atoms with Gasteiger partial charge in [0.2, 0.25) is 0 Å². The van der Waals surface area contributed by atoms with E-state index < -0.39 is 0 Å². The highest BCUT2D eigenvalue weighted by Gasteiger charge is 2.23. The first kappa shape index (κ1) is 10.6. The summed E-state index contributed by atoms with van der Waals surface area (Å²) < 4.78 is 5.24. The van der Waals surface area contributed by atoms with Gasteiger partial charge in [-0.2, -0.15) is 0 Å². The second kappa shape index (κ2) is 5.24. The van der Waals surface area contributed by atoms with E-state index in [2.05, 4.69) is 16.0 Å². The molecule has 2 rings (SSSR count). The zero-order chi connectivity index (χ0) is 10.5. The maximum Gasteiger partial charge on any atom is 0.0618 e. The van der Waals surface area contributed by atoms with Crippen molar-refractivity contribution in [2.24, 2.45) is 0 Å². The Morgan fingerprint density at radius 1 is 1.60 bits per heavy atom. The molecule has 0 radical (unpaired) electrons. The molecule has 0 spiro atoms. The molecule has 1 aliphatic rings. The van der Waals surface area contributed by atoms with Gasteiger partial charge in [0.1, 0.15) is 0 Å². The summed E-state index contributed by atoms with van der Waals surface area (Å²) in [6, 6.07) is 4.72. The van der Waals surface area contributed by atoms with Gasteiger partial charge in [-0.25, -0.2) is 0 Å². The van der Waals surface area contributed by atoms with Crippen molar-refractivity contribution < 1.29 is 4.74 Å². The van der Waals surface area contributed by atoms with Crippen LogP contribution in [0, 0.1) is 0 Å². The quantitative estimate of drug-likeness (QED) is 0.749. The third-order valence-corrected chi connectivity index (χ3v) is 2.97. The van der Waals surface area contributed by atoms with E-state index in [0.29, 0.717) is 6.04 Å². The van der Waals surface area contributed by atoms with Crippen molar-refractivity contribution >= 4 is 0 Å². The predicted octanol–water partition coefficient (Wildman–Crippen LogP) is 1.69. The minimum atomic E-state index is 0.593. The van der Waals surface area contributed by atoms with Gasteiger partial charge in [0.15, 0.2) is 0 Å². The normalized spacial score (nSPS) is 22.1. The van der Waals surface area contributed by atoms with Crippen LogP contribution in [0.15, 0.2) is 24.5 Å². The van der Waals surface area contributed by atoms with Crippen molar-refractivity contribution in [1.29, 1.82) is 0 Å². The van der Waals surface area contributed by atoms with Crippen molar-refractivity contribution in [2.45, 2.75) is 25.4 Å². The summed E-state index contributed by atoms with van der Waals surface area (Å²) in [4.78, 5) is 6.63. The first-order valence-electron chi connectivity index (χ1n) is 5.52. The first-order valence-corrected chi connectivity index (χ1v) is 5.52. The van der Waals surface area contributed by atoms with Crippen molar-refractivity contribution in [3.63, 3.8) is 0 Å². The number of likely N-dealkylation sites (tertiary alicyclic amines) is 1. The minimum absolute atomic E-state index is 0.593. The Morgan fingerprint density at radius 2 is 2.53 bits per heavy atom. The lowest BCUT2D eigenvalue weighted by Crippen LogP contribution is -2.32. The molecule has 82 valence electrons. The lowest BCUT2D eigenvalue weighted by atomic mass is 10.2. The Bertz CT molecular complexity index is 289. The zero-order valence-corrected chi connectivity index (χ0v) is 9.22. The van der Waals surface area contributed by atoms with Crippen LogP contribution in [-0.2, 0) is 11.3 Å². The number of hydrogen-bond donors (Lipinski definition) is 0. The van der Waals surface area contributed by atoms with E-state index in [1.165, 1.54) is 24.9 Å². The monoisotopic (exact) mass is 206 g/mol. The number of aromatic nitrogens is 1. The first-order chi connectivity index (χ1) is 7.40. The van der Waals surface area contributed by atoms with Gasteiger partial charge in [0.05, 0.1) is 6.61 Å². The van der Waals surface area contributed by atoms with Crippen molar-refractivity contribution in [3.05, 3.63) is 30.1 Å². The minimum Gasteiger partial charge on any atom is -0.383 e. The molecule has 1 fully saturated rings. The number of pyridine rings is 1. The van der Waals surface area contributed by atoms with Gasteiger partial charge in [-0.15, -0.1) is 0 Å². The smallest absolute Gasteiger partial charge is 0.0618 e. The lowest BCUT2D eigenvalue weighted by Gasteiger charge is -2.23. The topological polar surface area (TPSA) is 25.4 Å². The highest BCUT2D eigenvalue weighted by atomic mass is 16.5. The summed E-state index contributed by atoms with van der Waals surface area (Å²) in [5, 5.41) is 0. The second-order valence-electron chi connectivity index (χ2n) is 4.08. The van der Waals surface area contributed by atoms with Gasteiger partial charge < -0.3 is 4.74 Å². The molecule has 0 amide bonds. The molecule has 0 aliphatic carbocycles. The number of hydrogen-bond acceptors (Lipinski definition) is 3. The van der Waals surface area contributed by atoms with Crippen LogP contribution < -0.4 is 0 Å². The number of ether oxygens (including phenoxy) is 1. The molecule has 1 aromatic rings. The third kappa shape index (κ3) is 2.76. The Morgan fingerprint density at radius 3 is 3.27 bits per heavy atom. The van der Waals surface area contributed by atoms with Crippen LogP contribution in [0.3, 0.4) is 0 Å². The molecular weight excluding hydrogens is 188 g/mol. The average Bonchev–Trinajstić information content (AvgIpc) is 2.68. The molecule has 2 heterocycles. The molecule has 0 N–H and O–H groups in total. The highest BCUT2D eigenvalue weighted by molar-refractivity contribution is 5.08. The van der Waals surface area contributed by atoms with Gasteiger partial charge in [-0.05, 0) is 31.0 Å². The molecule has 1 aromatic heterocycles. The molecule has 15 heavy (non-hydrogen) atoms. The molecular formula is C12H18N2O. The van der Waals surface area contributed by atoms with Crippen molar-refractivity contribution in [2.75, 3.05) is 20.3 Å². The summed E-state index contributed by atoms with van der Waals surface area (Å²) in [6.45, 7) is 3.03. The van der Waals surface area contributed by atoms with E-state index in [0.717, 1.165) is 13.2 Å². The maximum absolute atomic E-state index is 5.24. The van der Waals surface area contributed by atoms with Crippen LogP contribution in [0.4, 0.5) is 0 Å². The van der Waals surface area contributed by atoms with Crippen LogP contribution in [0.25, 0.3) is 0 Å². The SMILES string of the molecule is COCC1CCCN1Cc1cccnc1. The van der Waals surface area contributed by atoms with E-state index in [1.807, 2.05) is 18.5 Å². The van der Waals surface area contributed by atoms with Gasteiger partial charge in [0, 0.05) is 32.1 Å². The van der Waals surface area contributed by atoms with E-state index in [9.17, 15) is 0 Å². The number of rotatable bonds is 4. The van der Waals surface area contributed by atoms with E-state index in [4.69, 9.17) is 4.74 Å².